The van der Waals surface area contributed by atoms with E-state index >= 15 is 0 Å². The Morgan fingerprint density at radius 2 is 2.00 bits per heavy atom. The Morgan fingerprint density at radius 3 is 2.62 bits per heavy atom. The van der Waals surface area contributed by atoms with Crippen LogP contribution in [0.4, 0.5) is 0 Å². The number of nitrogens with one attached hydrogen (secondary N) is 1. The van der Waals surface area contributed by atoms with E-state index in [2.05, 4.69) is 47.8 Å². The summed E-state index contributed by atoms with van der Waals surface area (Å²) in [4.78, 5) is 11.7. The predicted octanol–water partition coefficient (Wildman–Crippen LogP) is 2.77. The fourth-order valence-electron chi connectivity index (χ4n) is 2.25. The molecule has 0 aromatic carbocycles. The molecule has 1 aromatic heterocycles. The van der Waals surface area contributed by atoms with Gasteiger partial charge in [-0.15, -0.1) is 10.2 Å². The second-order valence-electron chi connectivity index (χ2n) is 6.78. The van der Waals surface area contributed by atoms with Crippen molar-refractivity contribution in [3.63, 3.8) is 0 Å². The van der Waals surface area contributed by atoms with Crippen molar-refractivity contribution >= 4 is 17.7 Å². The standard InChI is InChI=1S/C17H32N4O2S/c1-13(2)11-21-15(19-20-17(21)24-5)7-6-9-18-16(22)8-10-23-12-14(3)4/h13-14H,6-12H2,1-5H3,(H,18,22). The molecular formula is C17H32N4O2S. The van der Waals surface area contributed by atoms with Gasteiger partial charge in [0.1, 0.15) is 5.82 Å². The van der Waals surface area contributed by atoms with E-state index in [4.69, 9.17) is 4.74 Å². The maximum atomic E-state index is 11.7. The highest BCUT2D eigenvalue weighted by atomic mass is 32.2. The van der Waals surface area contributed by atoms with Crippen molar-refractivity contribution in [1.29, 1.82) is 0 Å². The van der Waals surface area contributed by atoms with Crippen molar-refractivity contribution < 1.29 is 9.53 Å². The average Bonchev–Trinajstić information content (AvgIpc) is 2.89. The molecule has 7 heteroatoms. The van der Waals surface area contributed by atoms with E-state index in [0.29, 0.717) is 38.0 Å². The van der Waals surface area contributed by atoms with Crippen LogP contribution in [0.25, 0.3) is 0 Å². The van der Waals surface area contributed by atoms with Gasteiger partial charge in [-0.3, -0.25) is 4.79 Å². The molecule has 0 bridgehead atoms. The average molecular weight is 357 g/mol. The first-order valence-electron chi connectivity index (χ1n) is 8.74. The Hall–Kier alpha value is -1.08. The molecule has 0 fully saturated rings. The zero-order chi connectivity index (χ0) is 17.9. The number of hydrogen-bond donors (Lipinski definition) is 1. The third-order valence-corrected chi connectivity index (χ3v) is 4.01. The number of aromatic nitrogens is 3. The summed E-state index contributed by atoms with van der Waals surface area (Å²) in [6, 6.07) is 0. The summed E-state index contributed by atoms with van der Waals surface area (Å²) in [6.07, 6.45) is 4.13. The van der Waals surface area contributed by atoms with Crippen LogP contribution in [0.15, 0.2) is 5.16 Å². The lowest BCUT2D eigenvalue weighted by molar-refractivity contribution is -0.122. The first kappa shape index (κ1) is 21.0. The van der Waals surface area contributed by atoms with Crippen molar-refractivity contribution in [2.24, 2.45) is 11.8 Å². The number of hydrogen-bond acceptors (Lipinski definition) is 5. The van der Waals surface area contributed by atoms with E-state index < -0.39 is 0 Å². The second-order valence-corrected chi connectivity index (χ2v) is 7.55. The lowest BCUT2D eigenvalue weighted by Crippen LogP contribution is -2.26. The summed E-state index contributed by atoms with van der Waals surface area (Å²) in [5.41, 5.74) is 0. The summed E-state index contributed by atoms with van der Waals surface area (Å²) in [5.74, 6) is 2.10. The summed E-state index contributed by atoms with van der Waals surface area (Å²) < 4.78 is 7.62. The Labute approximate surface area is 150 Å². The van der Waals surface area contributed by atoms with Crippen LogP contribution in [0.3, 0.4) is 0 Å². The fraction of sp³-hybridized carbons (Fsp3) is 0.824. The molecule has 0 saturated heterocycles. The molecule has 1 heterocycles. The van der Waals surface area contributed by atoms with E-state index in [1.54, 1.807) is 11.8 Å². The van der Waals surface area contributed by atoms with Crippen LogP contribution >= 0.6 is 11.8 Å². The van der Waals surface area contributed by atoms with Crippen molar-refractivity contribution in [3.05, 3.63) is 5.82 Å². The molecule has 1 N–H and O–H groups in total. The van der Waals surface area contributed by atoms with Gasteiger partial charge in [-0.2, -0.15) is 0 Å². The third-order valence-electron chi connectivity index (χ3n) is 3.35. The highest BCUT2D eigenvalue weighted by Crippen LogP contribution is 2.16. The number of rotatable bonds is 12. The summed E-state index contributed by atoms with van der Waals surface area (Å²) in [6.45, 7) is 11.4. The molecule has 0 aliphatic rings. The minimum absolute atomic E-state index is 0.0483. The quantitative estimate of drug-likeness (QED) is 0.461. The largest absolute Gasteiger partial charge is 0.381 e. The lowest BCUT2D eigenvalue weighted by atomic mass is 10.2. The van der Waals surface area contributed by atoms with Gasteiger partial charge < -0.3 is 14.6 Å². The molecule has 0 saturated carbocycles. The summed E-state index contributed by atoms with van der Waals surface area (Å²) >= 11 is 1.62. The monoisotopic (exact) mass is 356 g/mol. The van der Waals surface area contributed by atoms with Crippen LogP contribution in [0.1, 0.15) is 46.4 Å². The maximum absolute atomic E-state index is 11.7. The first-order valence-corrected chi connectivity index (χ1v) is 9.97. The number of carbonyl (C=O) groups excluding carboxylic acids is 1. The molecular weight excluding hydrogens is 324 g/mol. The third kappa shape index (κ3) is 8.15. The zero-order valence-electron chi connectivity index (χ0n) is 15.7. The van der Waals surface area contributed by atoms with Gasteiger partial charge in [0.25, 0.3) is 0 Å². The zero-order valence-corrected chi connectivity index (χ0v) is 16.5. The van der Waals surface area contributed by atoms with Crippen LogP contribution in [-0.4, -0.2) is 46.7 Å². The van der Waals surface area contributed by atoms with Crippen molar-refractivity contribution in [2.75, 3.05) is 26.0 Å². The molecule has 138 valence electrons. The molecule has 0 radical (unpaired) electrons. The van der Waals surface area contributed by atoms with Gasteiger partial charge in [0.05, 0.1) is 6.61 Å². The topological polar surface area (TPSA) is 69.0 Å². The molecule has 0 unspecified atom stereocenters. The molecule has 24 heavy (non-hydrogen) atoms. The number of aryl methyl sites for hydroxylation is 1. The highest BCUT2D eigenvalue weighted by Gasteiger charge is 2.12. The number of nitrogens with zero attached hydrogens (tertiary/aromatic N) is 3. The van der Waals surface area contributed by atoms with Crippen molar-refractivity contribution in [2.45, 2.75) is 58.7 Å². The van der Waals surface area contributed by atoms with Crippen LogP contribution in [0, 0.1) is 11.8 Å². The predicted molar refractivity (Wildman–Crippen MR) is 98.2 cm³/mol. The van der Waals surface area contributed by atoms with Gasteiger partial charge in [-0.05, 0) is 24.5 Å². The SMILES string of the molecule is CSc1nnc(CCCNC(=O)CCOCC(C)C)n1CC(C)C. The molecule has 1 aromatic rings. The minimum Gasteiger partial charge on any atom is -0.381 e. The van der Waals surface area contributed by atoms with Gasteiger partial charge in [0.15, 0.2) is 5.16 Å². The lowest BCUT2D eigenvalue weighted by Gasteiger charge is -2.12. The Morgan fingerprint density at radius 1 is 1.25 bits per heavy atom. The fourth-order valence-corrected chi connectivity index (χ4v) is 2.77. The Kier molecular flexibility index (Phi) is 10.0. The number of amides is 1. The maximum Gasteiger partial charge on any atom is 0.222 e. The van der Waals surface area contributed by atoms with E-state index in [1.165, 1.54) is 0 Å². The van der Waals surface area contributed by atoms with Crippen LogP contribution in [-0.2, 0) is 22.5 Å². The van der Waals surface area contributed by atoms with Crippen LogP contribution in [0.2, 0.25) is 0 Å². The Bertz CT molecular complexity index is 489. The van der Waals surface area contributed by atoms with Crippen molar-refractivity contribution in [3.8, 4) is 0 Å². The van der Waals surface area contributed by atoms with E-state index in [-0.39, 0.29) is 5.91 Å². The van der Waals surface area contributed by atoms with Crippen molar-refractivity contribution in [1.82, 2.24) is 20.1 Å². The van der Waals surface area contributed by atoms with Gasteiger partial charge in [-0.25, -0.2) is 0 Å². The van der Waals surface area contributed by atoms with E-state index in [1.807, 2.05) is 6.26 Å². The molecule has 1 amide bonds. The molecule has 0 aliphatic heterocycles. The normalized spacial score (nSPS) is 11.5. The van der Waals surface area contributed by atoms with Gasteiger partial charge in [-0.1, -0.05) is 39.5 Å². The van der Waals surface area contributed by atoms with Crippen LogP contribution in [0.5, 0.6) is 0 Å². The van der Waals surface area contributed by atoms with Gasteiger partial charge >= 0.3 is 0 Å². The second kappa shape index (κ2) is 11.5. The molecule has 0 aliphatic carbocycles. The van der Waals surface area contributed by atoms with E-state index in [0.717, 1.165) is 30.4 Å². The molecule has 1 rings (SSSR count). The number of thioether (sulfide) groups is 1. The molecule has 0 spiro atoms. The van der Waals surface area contributed by atoms with Crippen LogP contribution < -0.4 is 5.32 Å². The number of carbonyl (C=O) groups is 1. The van der Waals surface area contributed by atoms with Gasteiger partial charge in [0, 0.05) is 32.5 Å². The minimum atomic E-state index is 0.0483. The summed E-state index contributed by atoms with van der Waals surface area (Å²) in [5, 5.41) is 12.4. The molecule has 0 atom stereocenters. The Balaban J connectivity index is 2.27. The van der Waals surface area contributed by atoms with E-state index in [9.17, 15) is 4.79 Å². The highest BCUT2D eigenvalue weighted by molar-refractivity contribution is 7.98. The van der Waals surface area contributed by atoms with Gasteiger partial charge in [0.2, 0.25) is 5.91 Å². The number of ether oxygens (including phenoxy) is 1. The first-order chi connectivity index (χ1) is 11.4. The smallest absolute Gasteiger partial charge is 0.222 e. The summed E-state index contributed by atoms with van der Waals surface area (Å²) in [7, 11) is 0. The molecule has 6 nitrogen and oxygen atoms in total.